The van der Waals surface area contributed by atoms with E-state index in [1.807, 2.05) is 6.08 Å². The maximum Gasteiger partial charge on any atom is 0.334 e. The average Bonchev–Trinajstić information content (AvgIpc) is 3.28. The van der Waals surface area contributed by atoms with E-state index in [1.165, 1.54) is 0 Å². The van der Waals surface area contributed by atoms with Crippen molar-refractivity contribution in [2.45, 2.75) is 45.0 Å². The quantitative estimate of drug-likeness (QED) is 0.254. The van der Waals surface area contributed by atoms with E-state index in [1.54, 1.807) is 19.9 Å². The highest BCUT2D eigenvalue weighted by molar-refractivity contribution is 5.91. The molecular formula is C19H22O6. The molecule has 3 rings (SSSR count). The molecule has 1 unspecified atom stereocenters. The number of allylic oxidation sites excluding steroid dienone is 1. The highest BCUT2D eigenvalue weighted by Gasteiger charge is 2.44. The van der Waals surface area contributed by atoms with Crippen LogP contribution in [-0.4, -0.2) is 43.1 Å². The standard InChI is InChI=1S/C19H22O6/c1-10(2)18(21)23-9-13-4-5-14-11(3)19(22)25-15(14)6-12(8-20)7-16-17(13)24-16/h4,7-8,10,14-17H,3,5-6,9H2,1-2H3/b12-7-,13-4+/t14?,15-,16+,17-/m0/s1. The van der Waals surface area contributed by atoms with E-state index in [4.69, 9.17) is 14.2 Å². The molecular weight excluding hydrogens is 324 g/mol. The summed E-state index contributed by atoms with van der Waals surface area (Å²) in [6.07, 6.45) is 4.56. The molecule has 0 spiro atoms. The molecule has 0 aromatic carbocycles. The van der Waals surface area contributed by atoms with Gasteiger partial charge in [-0.1, -0.05) is 26.5 Å². The molecule has 6 nitrogen and oxygen atoms in total. The van der Waals surface area contributed by atoms with Gasteiger partial charge in [0.2, 0.25) is 0 Å². The van der Waals surface area contributed by atoms with E-state index in [-0.39, 0.29) is 36.6 Å². The summed E-state index contributed by atoms with van der Waals surface area (Å²) in [5.41, 5.74) is 1.80. The largest absolute Gasteiger partial charge is 0.461 e. The molecule has 1 aliphatic carbocycles. The van der Waals surface area contributed by atoms with Crippen LogP contribution in [-0.2, 0) is 28.6 Å². The molecule has 2 heterocycles. The molecule has 4 atom stereocenters. The van der Waals surface area contributed by atoms with Gasteiger partial charge in [0, 0.05) is 17.9 Å². The summed E-state index contributed by atoms with van der Waals surface area (Å²) in [5.74, 6) is -1.09. The van der Waals surface area contributed by atoms with E-state index in [2.05, 4.69) is 6.58 Å². The summed E-state index contributed by atoms with van der Waals surface area (Å²) < 4.78 is 16.3. The molecule has 3 aliphatic rings. The highest BCUT2D eigenvalue weighted by Crippen LogP contribution is 2.38. The van der Waals surface area contributed by atoms with Crippen molar-refractivity contribution < 1.29 is 28.6 Å². The van der Waals surface area contributed by atoms with Gasteiger partial charge >= 0.3 is 11.9 Å². The minimum Gasteiger partial charge on any atom is -0.461 e. The zero-order valence-electron chi connectivity index (χ0n) is 14.4. The van der Waals surface area contributed by atoms with Crippen LogP contribution in [0.3, 0.4) is 0 Å². The molecule has 0 N–H and O–H groups in total. The van der Waals surface area contributed by atoms with Gasteiger partial charge in [-0.2, -0.15) is 0 Å². The van der Waals surface area contributed by atoms with Crippen LogP contribution in [0.25, 0.3) is 0 Å². The number of esters is 2. The second-order valence-electron chi connectivity index (χ2n) is 6.94. The Balaban J connectivity index is 1.81. The predicted octanol–water partition coefficient (Wildman–Crippen LogP) is 1.90. The number of carbonyl (C=O) groups is 3. The average molecular weight is 346 g/mol. The van der Waals surface area contributed by atoms with Gasteiger partial charge in [-0.3, -0.25) is 9.59 Å². The van der Waals surface area contributed by atoms with Gasteiger partial charge < -0.3 is 14.2 Å². The Morgan fingerprint density at radius 1 is 1.48 bits per heavy atom. The van der Waals surface area contributed by atoms with Crippen LogP contribution < -0.4 is 0 Å². The van der Waals surface area contributed by atoms with Crippen molar-refractivity contribution in [2.75, 3.05) is 6.61 Å². The number of carbonyl (C=O) groups excluding carboxylic acids is 3. The number of hydrogen-bond donors (Lipinski definition) is 0. The maximum absolute atomic E-state index is 11.8. The molecule has 2 fully saturated rings. The third-order valence-electron chi connectivity index (χ3n) is 4.76. The van der Waals surface area contributed by atoms with Crippen molar-refractivity contribution in [2.24, 2.45) is 11.8 Å². The van der Waals surface area contributed by atoms with E-state index in [0.717, 1.165) is 11.9 Å². The third-order valence-corrected chi connectivity index (χ3v) is 4.76. The Labute approximate surface area is 146 Å². The summed E-state index contributed by atoms with van der Waals surface area (Å²) in [5, 5.41) is 0. The number of epoxide rings is 1. The number of ether oxygens (including phenoxy) is 3. The van der Waals surface area contributed by atoms with Gasteiger partial charge in [0.15, 0.2) is 0 Å². The Kier molecular flexibility index (Phi) is 4.90. The second kappa shape index (κ2) is 6.96. The van der Waals surface area contributed by atoms with Crippen molar-refractivity contribution >= 4 is 18.2 Å². The van der Waals surface area contributed by atoms with Gasteiger partial charge in [0.05, 0.1) is 5.92 Å². The minimum absolute atomic E-state index is 0.140. The summed E-state index contributed by atoms with van der Waals surface area (Å²) in [6.45, 7) is 7.51. The van der Waals surface area contributed by atoms with Crippen molar-refractivity contribution in [1.29, 1.82) is 0 Å². The van der Waals surface area contributed by atoms with Gasteiger partial charge in [0.1, 0.15) is 31.2 Å². The van der Waals surface area contributed by atoms with Crippen molar-refractivity contribution in [3.05, 3.63) is 35.5 Å². The van der Waals surface area contributed by atoms with Crippen molar-refractivity contribution in [1.82, 2.24) is 0 Å². The third kappa shape index (κ3) is 3.74. The summed E-state index contributed by atoms with van der Waals surface area (Å²) in [6, 6.07) is 0. The lowest BCUT2D eigenvalue weighted by atomic mass is 9.88. The molecule has 6 heteroatoms. The van der Waals surface area contributed by atoms with Crippen molar-refractivity contribution in [3.63, 3.8) is 0 Å². The molecule has 0 bridgehead atoms. The lowest BCUT2D eigenvalue weighted by molar-refractivity contribution is -0.146. The molecule has 0 aromatic rings. The van der Waals surface area contributed by atoms with Crippen LogP contribution >= 0.6 is 0 Å². The van der Waals surface area contributed by atoms with E-state index >= 15 is 0 Å². The van der Waals surface area contributed by atoms with Gasteiger partial charge in [0.25, 0.3) is 0 Å². The normalized spacial score (nSPS) is 35.5. The van der Waals surface area contributed by atoms with Crippen LogP contribution in [0, 0.1) is 11.8 Å². The van der Waals surface area contributed by atoms with Crippen LogP contribution in [0.4, 0.5) is 0 Å². The second-order valence-corrected chi connectivity index (χ2v) is 6.94. The van der Waals surface area contributed by atoms with Gasteiger partial charge in [-0.15, -0.1) is 0 Å². The number of fused-ring (bicyclic) bond motifs is 2. The fraction of sp³-hybridized carbons (Fsp3) is 0.526. The zero-order valence-corrected chi connectivity index (χ0v) is 14.4. The maximum atomic E-state index is 11.8. The van der Waals surface area contributed by atoms with E-state index in [0.29, 0.717) is 24.0 Å². The zero-order chi connectivity index (χ0) is 18.1. The minimum atomic E-state index is -0.415. The first-order valence-corrected chi connectivity index (χ1v) is 8.47. The summed E-state index contributed by atoms with van der Waals surface area (Å²) in [4.78, 5) is 34.9. The molecule has 0 radical (unpaired) electrons. The number of aldehydes is 1. The van der Waals surface area contributed by atoms with Gasteiger partial charge in [-0.05, 0) is 23.6 Å². The fourth-order valence-corrected chi connectivity index (χ4v) is 3.15. The lowest BCUT2D eigenvalue weighted by Gasteiger charge is -2.18. The molecule has 134 valence electrons. The lowest BCUT2D eigenvalue weighted by Crippen LogP contribution is -2.20. The van der Waals surface area contributed by atoms with Crippen LogP contribution in [0.2, 0.25) is 0 Å². The smallest absolute Gasteiger partial charge is 0.334 e. The molecule has 0 saturated carbocycles. The first kappa shape index (κ1) is 17.6. The topological polar surface area (TPSA) is 82.2 Å². The number of hydrogen-bond acceptors (Lipinski definition) is 6. The summed E-state index contributed by atoms with van der Waals surface area (Å²) >= 11 is 0. The Bertz CT molecular complexity index is 671. The van der Waals surface area contributed by atoms with Gasteiger partial charge in [-0.25, -0.2) is 4.79 Å². The van der Waals surface area contributed by atoms with Crippen LogP contribution in [0.5, 0.6) is 0 Å². The summed E-state index contributed by atoms with van der Waals surface area (Å²) in [7, 11) is 0. The van der Waals surface area contributed by atoms with E-state index < -0.39 is 12.1 Å². The molecule has 0 amide bonds. The van der Waals surface area contributed by atoms with Crippen LogP contribution in [0.15, 0.2) is 35.5 Å². The fourth-order valence-electron chi connectivity index (χ4n) is 3.15. The predicted molar refractivity (Wildman–Crippen MR) is 88.4 cm³/mol. The van der Waals surface area contributed by atoms with Crippen LogP contribution in [0.1, 0.15) is 26.7 Å². The monoisotopic (exact) mass is 346 g/mol. The number of rotatable bonds is 4. The molecule has 0 aromatic heterocycles. The molecule has 25 heavy (non-hydrogen) atoms. The Morgan fingerprint density at radius 3 is 2.92 bits per heavy atom. The first-order chi connectivity index (χ1) is 11.9. The molecule has 2 aliphatic heterocycles. The molecule has 2 saturated heterocycles. The van der Waals surface area contributed by atoms with E-state index in [9.17, 15) is 14.4 Å². The van der Waals surface area contributed by atoms with Crippen molar-refractivity contribution in [3.8, 4) is 0 Å². The highest BCUT2D eigenvalue weighted by atomic mass is 16.6. The SMILES string of the molecule is C=C1C(=O)O[C@H]2C/C(C=O)=C/[C@H]3O[C@H]3/C(COC(=O)C(C)C)=C/CC12. The first-order valence-electron chi connectivity index (χ1n) is 8.47. The Hall–Kier alpha value is -2.21. The Morgan fingerprint density at radius 2 is 2.24 bits per heavy atom.